The highest BCUT2D eigenvalue weighted by Gasteiger charge is 2.19. The first kappa shape index (κ1) is 14.1. The summed E-state index contributed by atoms with van der Waals surface area (Å²) in [4.78, 5) is 6.95. The van der Waals surface area contributed by atoms with Crippen molar-refractivity contribution in [3.05, 3.63) is 59.9 Å². The van der Waals surface area contributed by atoms with Gasteiger partial charge in [-0.15, -0.1) is 0 Å². The normalized spacial score (nSPS) is 14.1. The smallest absolute Gasteiger partial charge is 0.0601 e. The maximum absolute atomic E-state index is 4.61. The number of hydrogen-bond donors (Lipinski definition) is 1. The minimum Gasteiger partial charge on any atom is -0.366 e. The zero-order chi connectivity index (χ0) is 14.5. The number of anilines is 1. The van der Waals surface area contributed by atoms with Crippen molar-refractivity contribution in [1.82, 2.24) is 10.3 Å². The predicted molar refractivity (Wildman–Crippen MR) is 87.3 cm³/mol. The van der Waals surface area contributed by atoms with Gasteiger partial charge in [0, 0.05) is 31.0 Å². The van der Waals surface area contributed by atoms with Crippen LogP contribution in [0.25, 0.3) is 0 Å². The monoisotopic (exact) mass is 281 g/mol. The van der Waals surface area contributed by atoms with Crippen LogP contribution < -0.4 is 10.2 Å². The molecule has 1 aliphatic carbocycles. The molecule has 1 aromatic carbocycles. The van der Waals surface area contributed by atoms with Crippen LogP contribution in [0.4, 0.5) is 5.69 Å². The lowest BCUT2D eigenvalue weighted by Gasteiger charge is -2.22. The molecule has 2 aromatic rings. The second kappa shape index (κ2) is 6.72. The number of benzene rings is 1. The van der Waals surface area contributed by atoms with E-state index in [1.54, 1.807) is 0 Å². The van der Waals surface area contributed by atoms with E-state index in [0.29, 0.717) is 0 Å². The van der Waals surface area contributed by atoms with Crippen molar-refractivity contribution in [3.8, 4) is 0 Å². The lowest BCUT2D eigenvalue weighted by Crippen LogP contribution is -2.22. The molecule has 1 fully saturated rings. The molecule has 1 heterocycles. The molecule has 0 atom stereocenters. The van der Waals surface area contributed by atoms with Crippen LogP contribution in [-0.4, -0.2) is 17.6 Å². The first-order valence-electron chi connectivity index (χ1n) is 7.82. The molecule has 3 rings (SSSR count). The number of nitrogens with one attached hydrogen (secondary N) is 1. The van der Waals surface area contributed by atoms with E-state index < -0.39 is 0 Å². The maximum Gasteiger partial charge on any atom is 0.0601 e. The Bertz CT molecular complexity index is 546. The Morgan fingerprint density at radius 2 is 1.95 bits per heavy atom. The van der Waals surface area contributed by atoms with Crippen LogP contribution in [-0.2, 0) is 13.1 Å². The fourth-order valence-corrected chi connectivity index (χ4v) is 2.42. The molecule has 0 aliphatic heterocycles. The molecule has 1 aromatic heterocycles. The van der Waals surface area contributed by atoms with Crippen molar-refractivity contribution in [2.75, 3.05) is 11.4 Å². The molecular weight excluding hydrogens is 258 g/mol. The van der Waals surface area contributed by atoms with Gasteiger partial charge >= 0.3 is 0 Å². The summed E-state index contributed by atoms with van der Waals surface area (Å²) in [5.41, 5.74) is 3.64. The van der Waals surface area contributed by atoms with Gasteiger partial charge in [0.2, 0.25) is 0 Å². The molecular formula is C18H23N3. The quantitative estimate of drug-likeness (QED) is 0.843. The number of rotatable bonds is 7. The highest BCUT2D eigenvalue weighted by atomic mass is 15.1. The average Bonchev–Trinajstić information content (AvgIpc) is 3.37. The fraction of sp³-hybridized carbons (Fsp3) is 0.389. The molecule has 3 nitrogen and oxygen atoms in total. The highest BCUT2D eigenvalue weighted by Crippen LogP contribution is 2.19. The Labute approximate surface area is 127 Å². The van der Waals surface area contributed by atoms with E-state index in [1.165, 1.54) is 24.1 Å². The largest absolute Gasteiger partial charge is 0.366 e. The Morgan fingerprint density at radius 1 is 1.14 bits per heavy atom. The van der Waals surface area contributed by atoms with E-state index in [4.69, 9.17) is 0 Å². The number of pyridine rings is 1. The van der Waals surface area contributed by atoms with E-state index in [-0.39, 0.29) is 0 Å². The minimum atomic E-state index is 0.748. The molecule has 0 bridgehead atoms. The van der Waals surface area contributed by atoms with Crippen molar-refractivity contribution in [3.63, 3.8) is 0 Å². The summed E-state index contributed by atoms with van der Waals surface area (Å²) in [6.45, 7) is 4.96. The highest BCUT2D eigenvalue weighted by molar-refractivity contribution is 5.46. The van der Waals surface area contributed by atoms with Gasteiger partial charge in [0.15, 0.2) is 0 Å². The van der Waals surface area contributed by atoms with Gasteiger partial charge < -0.3 is 10.2 Å². The zero-order valence-corrected chi connectivity index (χ0v) is 12.6. The third-order valence-corrected chi connectivity index (χ3v) is 3.91. The van der Waals surface area contributed by atoms with Crippen molar-refractivity contribution < 1.29 is 0 Å². The average molecular weight is 281 g/mol. The Kier molecular flexibility index (Phi) is 4.51. The van der Waals surface area contributed by atoms with E-state index in [2.05, 4.69) is 64.6 Å². The molecule has 0 unspecified atom stereocenters. The molecule has 1 N–H and O–H groups in total. The van der Waals surface area contributed by atoms with Gasteiger partial charge in [-0.25, -0.2) is 0 Å². The first-order valence-corrected chi connectivity index (χ1v) is 7.82. The van der Waals surface area contributed by atoms with Gasteiger partial charge in [0.25, 0.3) is 0 Å². The van der Waals surface area contributed by atoms with Gasteiger partial charge in [-0.05, 0) is 43.5 Å². The molecule has 1 saturated carbocycles. The second-order valence-electron chi connectivity index (χ2n) is 5.66. The Balaban J connectivity index is 1.60. The van der Waals surface area contributed by atoms with E-state index in [0.717, 1.165) is 31.4 Å². The van der Waals surface area contributed by atoms with Gasteiger partial charge in [-0.2, -0.15) is 0 Å². The van der Waals surface area contributed by atoms with Crippen molar-refractivity contribution in [2.24, 2.45) is 0 Å². The van der Waals surface area contributed by atoms with Crippen LogP contribution in [0, 0.1) is 0 Å². The van der Waals surface area contributed by atoms with Gasteiger partial charge in [0.1, 0.15) is 0 Å². The maximum atomic E-state index is 4.61. The van der Waals surface area contributed by atoms with Gasteiger partial charge in [-0.1, -0.05) is 24.3 Å². The van der Waals surface area contributed by atoms with Crippen LogP contribution in [0.3, 0.4) is 0 Å². The summed E-state index contributed by atoms with van der Waals surface area (Å²) in [5.74, 6) is 0. The Morgan fingerprint density at radius 3 is 2.57 bits per heavy atom. The van der Waals surface area contributed by atoms with Crippen molar-refractivity contribution in [2.45, 2.75) is 38.9 Å². The van der Waals surface area contributed by atoms with Crippen LogP contribution >= 0.6 is 0 Å². The lowest BCUT2D eigenvalue weighted by atomic mass is 10.2. The molecule has 21 heavy (non-hydrogen) atoms. The van der Waals surface area contributed by atoms with Crippen LogP contribution in [0.15, 0.2) is 48.7 Å². The number of para-hydroxylation sites is 1. The fourth-order valence-electron chi connectivity index (χ4n) is 2.42. The topological polar surface area (TPSA) is 28.2 Å². The molecule has 0 saturated heterocycles. The summed E-state index contributed by atoms with van der Waals surface area (Å²) in [5, 5.41) is 3.52. The molecule has 110 valence electrons. The van der Waals surface area contributed by atoms with E-state index in [9.17, 15) is 0 Å². The Hall–Kier alpha value is -1.87. The SMILES string of the molecule is CCN(Cc1ccc(CNC2CC2)cn1)c1ccccc1. The summed E-state index contributed by atoms with van der Waals surface area (Å²) >= 11 is 0. The molecule has 0 amide bonds. The van der Waals surface area contributed by atoms with E-state index >= 15 is 0 Å². The summed E-state index contributed by atoms with van der Waals surface area (Å²) in [6, 6.07) is 15.6. The van der Waals surface area contributed by atoms with Crippen molar-refractivity contribution >= 4 is 5.69 Å². The van der Waals surface area contributed by atoms with Crippen LogP contribution in [0.2, 0.25) is 0 Å². The number of nitrogens with zero attached hydrogens (tertiary/aromatic N) is 2. The van der Waals surface area contributed by atoms with E-state index in [1.807, 2.05) is 6.20 Å². The standard InChI is InChI=1S/C18H23N3/c1-2-21(18-6-4-3-5-7-18)14-17-9-8-15(13-20-17)12-19-16-10-11-16/h3-9,13,16,19H,2,10-12,14H2,1H3. The first-order chi connectivity index (χ1) is 10.3. The summed E-state index contributed by atoms with van der Waals surface area (Å²) in [6.07, 6.45) is 4.66. The number of aromatic nitrogens is 1. The van der Waals surface area contributed by atoms with Crippen LogP contribution in [0.1, 0.15) is 31.0 Å². The second-order valence-corrected chi connectivity index (χ2v) is 5.66. The summed E-state index contributed by atoms with van der Waals surface area (Å²) < 4.78 is 0. The molecule has 0 spiro atoms. The molecule has 3 heteroatoms. The van der Waals surface area contributed by atoms with Crippen LogP contribution in [0.5, 0.6) is 0 Å². The zero-order valence-electron chi connectivity index (χ0n) is 12.6. The third-order valence-electron chi connectivity index (χ3n) is 3.91. The number of hydrogen-bond acceptors (Lipinski definition) is 3. The lowest BCUT2D eigenvalue weighted by molar-refractivity contribution is 0.684. The third kappa shape index (κ3) is 4.05. The summed E-state index contributed by atoms with van der Waals surface area (Å²) in [7, 11) is 0. The van der Waals surface area contributed by atoms with Gasteiger partial charge in [-0.3, -0.25) is 4.98 Å². The molecule has 0 radical (unpaired) electrons. The predicted octanol–water partition coefficient (Wildman–Crippen LogP) is 3.36. The van der Waals surface area contributed by atoms with Gasteiger partial charge in [0.05, 0.1) is 12.2 Å². The minimum absolute atomic E-state index is 0.748. The van der Waals surface area contributed by atoms with Crippen molar-refractivity contribution in [1.29, 1.82) is 0 Å². The molecule has 1 aliphatic rings.